The van der Waals surface area contributed by atoms with E-state index in [2.05, 4.69) is 16.0 Å². The predicted octanol–water partition coefficient (Wildman–Crippen LogP) is 1.95. The molecule has 2 aromatic rings. The molecule has 1 N–H and O–H groups in total. The molecule has 0 aliphatic carbocycles. The van der Waals surface area contributed by atoms with Gasteiger partial charge in [0.05, 0.1) is 5.52 Å². The fourth-order valence-corrected chi connectivity index (χ4v) is 3.06. The Kier molecular flexibility index (Phi) is 4.66. The van der Waals surface area contributed by atoms with Crippen LogP contribution in [0.25, 0.3) is 10.9 Å². The van der Waals surface area contributed by atoms with E-state index in [1.807, 2.05) is 30.3 Å². The Balaban J connectivity index is 1.65. The summed E-state index contributed by atoms with van der Waals surface area (Å²) in [6, 6.07) is 12.1. The van der Waals surface area contributed by atoms with Crippen molar-refractivity contribution in [3.63, 3.8) is 0 Å². The van der Waals surface area contributed by atoms with Crippen molar-refractivity contribution in [1.29, 1.82) is 0 Å². The Morgan fingerprint density at radius 2 is 1.83 bits per heavy atom. The van der Waals surface area contributed by atoms with Crippen LogP contribution < -0.4 is 4.90 Å². The number of hydroxylamine groups is 2. The molecule has 8 heteroatoms. The van der Waals surface area contributed by atoms with Crippen molar-refractivity contribution in [3.8, 4) is 0 Å². The van der Waals surface area contributed by atoms with E-state index in [-0.39, 0.29) is 0 Å². The molecule has 1 fully saturated rings. The molecule has 0 saturated carbocycles. The van der Waals surface area contributed by atoms with Crippen molar-refractivity contribution in [2.75, 3.05) is 45.2 Å². The van der Waals surface area contributed by atoms with Gasteiger partial charge < -0.3 is 9.79 Å². The minimum Gasteiger partial charge on any atom is -0.354 e. The lowest BCUT2D eigenvalue weighted by Crippen LogP contribution is -2.46. The second-order valence-corrected chi connectivity index (χ2v) is 7.64. The number of hydrogen-bond acceptors (Lipinski definition) is 5. The van der Waals surface area contributed by atoms with Crippen LogP contribution in [0, 0.1) is 0 Å². The Bertz CT molecular complexity index is 731. The van der Waals surface area contributed by atoms with Crippen LogP contribution in [0.3, 0.4) is 0 Å². The maximum atomic E-state index is 11.9. The third kappa shape index (κ3) is 3.71. The van der Waals surface area contributed by atoms with Crippen LogP contribution in [0.15, 0.2) is 36.4 Å². The zero-order valence-electron chi connectivity index (χ0n) is 13.3. The third-order valence-corrected chi connectivity index (χ3v) is 5.33. The molecular formula is C15H21N4O3P. The number of benzene rings is 1. The van der Waals surface area contributed by atoms with Crippen molar-refractivity contribution in [2.24, 2.45) is 0 Å². The van der Waals surface area contributed by atoms with Crippen LogP contribution >= 0.6 is 7.75 Å². The quantitative estimate of drug-likeness (QED) is 0.856. The molecule has 1 aromatic carbocycles. The molecule has 1 aliphatic heterocycles. The van der Waals surface area contributed by atoms with Crippen molar-refractivity contribution in [1.82, 2.24) is 14.7 Å². The summed E-state index contributed by atoms with van der Waals surface area (Å²) in [5.74, 6) is 0.920. The molecule has 1 saturated heterocycles. The maximum absolute atomic E-state index is 11.9. The highest BCUT2D eigenvalue weighted by Gasteiger charge is 2.29. The summed E-state index contributed by atoms with van der Waals surface area (Å²) in [7, 11) is -0.684. The van der Waals surface area contributed by atoms with Gasteiger partial charge in [0.2, 0.25) is 0 Å². The molecule has 3 rings (SSSR count). The lowest BCUT2D eigenvalue weighted by Gasteiger charge is -2.35. The van der Waals surface area contributed by atoms with E-state index in [1.54, 1.807) is 5.06 Å². The number of hydrogen-bond donors (Lipinski definition) is 1. The molecule has 0 spiro atoms. The topological polar surface area (TPSA) is 69.1 Å². The van der Waals surface area contributed by atoms with Crippen molar-refractivity contribution in [3.05, 3.63) is 36.4 Å². The Labute approximate surface area is 135 Å². The molecule has 124 valence electrons. The SMILES string of the molecule is CN(C)P(=O)(O)ON1CCN(c2ccc3ccccc3n2)CC1. The first-order valence-electron chi connectivity index (χ1n) is 7.52. The van der Waals surface area contributed by atoms with Gasteiger partial charge in [-0.05, 0) is 32.3 Å². The van der Waals surface area contributed by atoms with Crippen LogP contribution in [0.5, 0.6) is 0 Å². The average molecular weight is 336 g/mol. The summed E-state index contributed by atoms with van der Waals surface area (Å²) in [6.07, 6.45) is 0. The van der Waals surface area contributed by atoms with E-state index < -0.39 is 7.75 Å². The first kappa shape index (κ1) is 16.4. The lowest BCUT2D eigenvalue weighted by atomic mass is 10.2. The van der Waals surface area contributed by atoms with E-state index in [0.29, 0.717) is 26.2 Å². The van der Waals surface area contributed by atoms with E-state index in [1.165, 1.54) is 18.8 Å². The number of para-hydroxylation sites is 1. The number of rotatable bonds is 4. The van der Waals surface area contributed by atoms with Gasteiger partial charge in [-0.2, -0.15) is 5.06 Å². The summed E-state index contributed by atoms with van der Waals surface area (Å²) < 4.78 is 18.3. The first-order valence-corrected chi connectivity index (χ1v) is 9.05. The van der Waals surface area contributed by atoms with Gasteiger partial charge in [-0.15, -0.1) is 0 Å². The highest BCUT2D eigenvalue weighted by molar-refractivity contribution is 7.50. The van der Waals surface area contributed by atoms with E-state index in [0.717, 1.165) is 16.7 Å². The Morgan fingerprint density at radius 1 is 1.13 bits per heavy atom. The third-order valence-electron chi connectivity index (χ3n) is 3.87. The van der Waals surface area contributed by atoms with Gasteiger partial charge in [-0.25, -0.2) is 18.8 Å². The van der Waals surface area contributed by atoms with Gasteiger partial charge in [0.1, 0.15) is 5.82 Å². The zero-order chi connectivity index (χ0) is 16.4. The van der Waals surface area contributed by atoms with Crippen LogP contribution in [0.2, 0.25) is 0 Å². The number of fused-ring (bicyclic) bond motifs is 1. The molecule has 2 heterocycles. The molecule has 23 heavy (non-hydrogen) atoms. The fourth-order valence-electron chi connectivity index (χ4n) is 2.45. The van der Waals surface area contributed by atoms with Gasteiger partial charge >= 0.3 is 7.75 Å². The van der Waals surface area contributed by atoms with Crippen molar-refractivity contribution < 1.29 is 14.1 Å². The second kappa shape index (κ2) is 6.55. The van der Waals surface area contributed by atoms with Crippen molar-refractivity contribution >= 4 is 24.5 Å². The first-order chi connectivity index (χ1) is 11.0. The Hall–Kier alpha value is -1.50. The van der Waals surface area contributed by atoms with Gasteiger partial charge in [0, 0.05) is 31.6 Å². The van der Waals surface area contributed by atoms with E-state index >= 15 is 0 Å². The minimum atomic E-state index is -3.73. The molecule has 1 atom stereocenters. The highest BCUT2D eigenvalue weighted by Crippen LogP contribution is 2.44. The van der Waals surface area contributed by atoms with Crippen molar-refractivity contribution in [2.45, 2.75) is 0 Å². The molecule has 0 bridgehead atoms. The lowest BCUT2D eigenvalue weighted by molar-refractivity contribution is -0.0780. The monoisotopic (exact) mass is 336 g/mol. The molecule has 1 aliphatic rings. The molecule has 1 aromatic heterocycles. The standard InChI is InChI=1S/C15H21N4O3P/c1-17(2)23(20,21)22-19-11-9-18(10-12-19)15-8-7-13-5-3-4-6-14(13)16-15/h3-8H,9-12H2,1-2H3,(H,20,21). The largest absolute Gasteiger partial charge is 0.421 e. The summed E-state index contributed by atoms with van der Waals surface area (Å²) in [5.41, 5.74) is 0.969. The summed E-state index contributed by atoms with van der Waals surface area (Å²) in [5, 5.41) is 2.67. The molecule has 0 radical (unpaired) electrons. The van der Waals surface area contributed by atoms with Gasteiger partial charge in [0.25, 0.3) is 0 Å². The molecular weight excluding hydrogens is 315 g/mol. The van der Waals surface area contributed by atoms with E-state index in [4.69, 9.17) is 4.62 Å². The van der Waals surface area contributed by atoms with Gasteiger partial charge in [-0.1, -0.05) is 18.2 Å². The minimum absolute atomic E-state index is 0.549. The van der Waals surface area contributed by atoms with E-state index in [9.17, 15) is 9.46 Å². The van der Waals surface area contributed by atoms with Gasteiger partial charge in [-0.3, -0.25) is 0 Å². The molecule has 1 unspecified atom stereocenters. The normalized spacial score (nSPS) is 19.2. The number of pyridine rings is 1. The smallest absolute Gasteiger partial charge is 0.354 e. The summed E-state index contributed by atoms with van der Waals surface area (Å²) in [4.78, 5) is 16.6. The number of piperazine rings is 1. The highest BCUT2D eigenvalue weighted by atomic mass is 31.2. The number of aromatic nitrogens is 1. The maximum Gasteiger partial charge on any atom is 0.421 e. The zero-order valence-corrected chi connectivity index (χ0v) is 14.2. The summed E-state index contributed by atoms with van der Waals surface area (Å²) >= 11 is 0. The van der Waals surface area contributed by atoms with Crippen LogP contribution in [0.1, 0.15) is 0 Å². The molecule has 0 amide bonds. The second-order valence-electron chi connectivity index (χ2n) is 5.70. The van der Waals surface area contributed by atoms with Crippen LogP contribution in [-0.2, 0) is 9.19 Å². The predicted molar refractivity (Wildman–Crippen MR) is 90.1 cm³/mol. The van der Waals surface area contributed by atoms with Crippen LogP contribution in [-0.4, -0.2) is 59.9 Å². The summed E-state index contributed by atoms with van der Waals surface area (Å²) in [6.45, 7) is 2.48. The Morgan fingerprint density at radius 3 is 2.52 bits per heavy atom. The number of nitrogens with zero attached hydrogens (tertiary/aromatic N) is 4. The molecule has 7 nitrogen and oxygen atoms in total. The fraction of sp³-hybridized carbons (Fsp3) is 0.400. The average Bonchev–Trinajstić information content (AvgIpc) is 2.54. The van der Waals surface area contributed by atoms with Crippen LogP contribution in [0.4, 0.5) is 5.82 Å². The number of anilines is 1. The van der Waals surface area contributed by atoms with Gasteiger partial charge in [0.15, 0.2) is 0 Å².